The van der Waals surface area contributed by atoms with E-state index < -0.39 is 0 Å². The number of carbonyl (C=O) groups is 1. The van der Waals surface area contributed by atoms with Crippen LogP contribution in [0.1, 0.15) is 29.9 Å². The number of fused-ring (bicyclic) bond motifs is 1. The van der Waals surface area contributed by atoms with Crippen LogP contribution in [0, 0.1) is 0 Å². The highest BCUT2D eigenvalue weighted by molar-refractivity contribution is 5.99. The Morgan fingerprint density at radius 1 is 1.38 bits per heavy atom. The molecule has 0 radical (unpaired) electrons. The minimum absolute atomic E-state index is 0.166. The van der Waals surface area contributed by atoms with Crippen LogP contribution >= 0.6 is 0 Å². The van der Waals surface area contributed by atoms with Crippen molar-refractivity contribution in [1.29, 1.82) is 0 Å². The van der Waals surface area contributed by atoms with Crippen molar-refractivity contribution in [2.45, 2.75) is 20.3 Å². The molecular weight excluding hydrogens is 270 g/mol. The van der Waals surface area contributed by atoms with Crippen molar-refractivity contribution < 1.29 is 15.0 Å². The van der Waals surface area contributed by atoms with Gasteiger partial charge in [-0.1, -0.05) is 6.92 Å². The number of nitrogens with zero attached hydrogens (tertiary/aromatic N) is 2. The Bertz CT molecular complexity index is 845. The van der Waals surface area contributed by atoms with Crippen molar-refractivity contribution in [3.63, 3.8) is 0 Å². The summed E-state index contributed by atoms with van der Waals surface area (Å²) in [7, 11) is 0. The number of Topliss-reactive ketones (excluding diaryl/α,β-unsaturated/α-hetero) is 1. The first-order chi connectivity index (χ1) is 10.0. The molecule has 0 aliphatic heterocycles. The summed E-state index contributed by atoms with van der Waals surface area (Å²) in [5, 5.41) is 20.2. The third-order valence-electron chi connectivity index (χ3n) is 3.57. The molecule has 0 amide bonds. The first-order valence-electron chi connectivity index (χ1n) is 6.64. The Morgan fingerprint density at radius 2 is 2.14 bits per heavy atom. The fourth-order valence-electron chi connectivity index (χ4n) is 2.64. The highest BCUT2D eigenvalue weighted by atomic mass is 16.3. The molecule has 0 saturated heterocycles. The lowest BCUT2D eigenvalue weighted by atomic mass is 10.1. The van der Waals surface area contributed by atoms with Crippen LogP contribution in [-0.2, 0) is 6.42 Å². The molecule has 0 aliphatic carbocycles. The van der Waals surface area contributed by atoms with Crippen LogP contribution in [0.15, 0.2) is 24.5 Å². The van der Waals surface area contributed by atoms with Crippen molar-refractivity contribution in [2.75, 3.05) is 0 Å². The zero-order valence-corrected chi connectivity index (χ0v) is 11.7. The summed E-state index contributed by atoms with van der Waals surface area (Å²) in [5.74, 6) is -0.971. The molecule has 108 valence electrons. The SMILES string of the molecule is CCc1c(C(C)=O)c(O)c(O)n1-c1ccc2nc[nH]c2c1. The van der Waals surface area contributed by atoms with E-state index >= 15 is 0 Å². The van der Waals surface area contributed by atoms with Crippen molar-refractivity contribution in [3.05, 3.63) is 35.8 Å². The van der Waals surface area contributed by atoms with Crippen molar-refractivity contribution >= 4 is 16.8 Å². The number of carbonyl (C=O) groups excluding carboxylic acids is 1. The van der Waals surface area contributed by atoms with Gasteiger partial charge in [-0.05, 0) is 31.5 Å². The second kappa shape index (κ2) is 4.66. The Balaban J connectivity index is 2.30. The highest BCUT2D eigenvalue weighted by Crippen LogP contribution is 2.38. The van der Waals surface area contributed by atoms with E-state index in [0.717, 1.165) is 11.0 Å². The van der Waals surface area contributed by atoms with E-state index in [0.29, 0.717) is 17.8 Å². The van der Waals surface area contributed by atoms with Gasteiger partial charge in [-0.3, -0.25) is 9.36 Å². The van der Waals surface area contributed by atoms with Gasteiger partial charge in [-0.2, -0.15) is 0 Å². The zero-order valence-electron chi connectivity index (χ0n) is 11.7. The van der Waals surface area contributed by atoms with Gasteiger partial charge in [0.2, 0.25) is 5.88 Å². The largest absolute Gasteiger partial charge is 0.503 e. The Hall–Kier alpha value is -2.76. The van der Waals surface area contributed by atoms with E-state index in [1.165, 1.54) is 11.5 Å². The number of hydrogen-bond acceptors (Lipinski definition) is 4. The lowest BCUT2D eigenvalue weighted by molar-refractivity contribution is 0.101. The average molecular weight is 285 g/mol. The van der Waals surface area contributed by atoms with Crippen molar-refractivity contribution in [1.82, 2.24) is 14.5 Å². The van der Waals surface area contributed by atoms with Crippen LogP contribution in [0.25, 0.3) is 16.7 Å². The zero-order chi connectivity index (χ0) is 15.1. The summed E-state index contributed by atoms with van der Waals surface area (Å²) >= 11 is 0. The summed E-state index contributed by atoms with van der Waals surface area (Å²) in [6.07, 6.45) is 2.09. The maximum Gasteiger partial charge on any atom is 0.240 e. The minimum Gasteiger partial charge on any atom is -0.503 e. The van der Waals surface area contributed by atoms with E-state index in [4.69, 9.17) is 0 Å². The van der Waals surface area contributed by atoms with Gasteiger partial charge < -0.3 is 15.2 Å². The van der Waals surface area contributed by atoms with Crippen LogP contribution in [0.2, 0.25) is 0 Å². The lowest BCUT2D eigenvalue weighted by Gasteiger charge is -2.09. The molecule has 0 atom stereocenters. The van der Waals surface area contributed by atoms with Crippen LogP contribution in [0.5, 0.6) is 11.6 Å². The molecular formula is C15H15N3O3. The third-order valence-corrected chi connectivity index (χ3v) is 3.57. The van der Waals surface area contributed by atoms with Gasteiger partial charge >= 0.3 is 0 Å². The molecule has 0 unspecified atom stereocenters. The van der Waals surface area contributed by atoms with Gasteiger partial charge in [0.15, 0.2) is 11.5 Å². The smallest absolute Gasteiger partial charge is 0.240 e. The summed E-state index contributed by atoms with van der Waals surface area (Å²) in [6.45, 7) is 3.24. The van der Waals surface area contributed by atoms with E-state index in [1.807, 2.05) is 19.1 Å². The molecule has 2 aromatic heterocycles. The standard InChI is InChI=1S/C15H15N3O3/c1-3-12-13(8(2)19)14(20)15(21)18(12)9-4-5-10-11(6-9)17-7-16-10/h4-7,20-21H,3H2,1-2H3,(H,16,17). The van der Waals surface area contributed by atoms with Gasteiger partial charge in [0.05, 0.1) is 28.6 Å². The summed E-state index contributed by atoms with van der Waals surface area (Å²) in [6, 6.07) is 5.40. The number of hydrogen-bond donors (Lipinski definition) is 3. The number of benzene rings is 1. The molecule has 6 nitrogen and oxygen atoms in total. The second-order valence-electron chi connectivity index (χ2n) is 4.84. The fourth-order valence-corrected chi connectivity index (χ4v) is 2.64. The quantitative estimate of drug-likeness (QED) is 0.645. The number of aromatic hydroxyl groups is 2. The first-order valence-corrected chi connectivity index (χ1v) is 6.64. The maximum absolute atomic E-state index is 11.7. The Labute approximate surface area is 120 Å². The van der Waals surface area contributed by atoms with Gasteiger partial charge in [-0.25, -0.2) is 4.98 Å². The lowest BCUT2D eigenvalue weighted by Crippen LogP contribution is -2.03. The molecule has 0 saturated carbocycles. The fraction of sp³-hybridized carbons (Fsp3) is 0.200. The number of H-pyrrole nitrogens is 1. The second-order valence-corrected chi connectivity index (χ2v) is 4.84. The maximum atomic E-state index is 11.7. The van der Waals surface area contributed by atoms with Crippen LogP contribution in [0.3, 0.4) is 0 Å². The Morgan fingerprint density at radius 3 is 2.81 bits per heavy atom. The topological polar surface area (TPSA) is 91.1 Å². The third kappa shape index (κ3) is 1.87. The minimum atomic E-state index is -0.371. The van der Waals surface area contributed by atoms with Crippen LogP contribution in [0.4, 0.5) is 0 Å². The number of ketones is 1. The molecule has 21 heavy (non-hydrogen) atoms. The summed E-state index contributed by atoms with van der Waals surface area (Å²) < 4.78 is 1.49. The molecule has 3 N–H and O–H groups in total. The van der Waals surface area contributed by atoms with Crippen LogP contribution < -0.4 is 0 Å². The molecule has 0 fully saturated rings. The molecule has 0 bridgehead atoms. The number of aromatic nitrogens is 3. The number of rotatable bonds is 3. The van der Waals surface area contributed by atoms with E-state index in [1.54, 1.807) is 12.4 Å². The molecule has 6 heteroatoms. The van der Waals surface area contributed by atoms with Gasteiger partial charge in [0, 0.05) is 5.69 Å². The molecule has 3 rings (SSSR count). The van der Waals surface area contributed by atoms with Crippen molar-refractivity contribution in [2.24, 2.45) is 0 Å². The van der Waals surface area contributed by atoms with Crippen LogP contribution in [-0.4, -0.2) is 30.5 Å². The normalized spacial score (nSPS) is 11.1. The Kier molecular flexibility index (Phi) is 2.94. The van der Waals surface area contributed by atoms with Gasteiger partial charge in [0.1, 0.15) is 0 Å². The van der Waals surface area contributed by atoms with Crippen molar-refractivity contribution in [3.8, 4) is 17.3 Å². The predicted octanol–water partition coefficient (Wildman–Crippen LogP) is 2.53. The van der Waals surface area contributed by atoms with E-state index in [-0.39, 0.29) is 23.0 Å². The molecule has 0 spiro atoms. The average Bonchev–Trinajstić information content (AvgIpc) is 3.01. The number of nitrogens with one attached hydrogen (secondary N) is 1. The predicted molar refractivity (Wildman–Crippen MR) is 78.1 cm³/mol. The molecule has 3 aromatic rings. The summed E-state index contributed by atoms with van der Waals surface area (Å²) in [5.41, 5.74) is 3.02. The number of imidazole rings is 1. The number of aromatic amines is 1. The van der Waals surface area contributed by atoms with E-state index in [9.17, 15) is 15.0 Å². The van der Waals surface area contributed by atoms with Gasteiger partial charge in [-0.15, -0.1) is 0 Å². The van der Waals surface area contributed by atoms with Gasteiger partial charge in [0.25, 0.3) is 0 Å². The first kappa shape index (κ1) is 13.2. The monoisotopic (exact) mass is 285 g/mol. The molecule has 2 heterocycles. The molecule has 1 aromatic carbocycles. The van der Waals surface area contributed by atoms with E-state index in [2.05, 4.69) is 9.97 Å². The molecule has 0 aliphatic rings. The summed E-state index contributed by atoms with van der Waals surface area (Å²) in [4.78, 5) is 18.8. The highest BCUT2D eigenvalue weighted by Gasteiger charge is 2.25.